The summed E-state index contributed by atoms with van der Waals surface area (Å²) in [6.45, 7) is 0. The lowest BCUT2D eigenvalue weighted by Crippen LogP contribution is -2.03. The van der Waals surface area contributed by atoms with Crippen LogP contribution < -0.4 is 0 Å². The Labute approximate surface area is 103 Å². The lowest BCUT2D eigenvalue weighted by atomic mass is 10.1. The van der Waals surface area contributed by atoms with Crippen molar-refractivity contribution >= 4 is 35.7 Å². The number of nitrogens with zero attached hydrogens (tertiary/aromatic N) is 1. The van der Waals surface area contributed by atoms with Crippen molar-refractivity contribution in [3.63, 3.8) is 0 Å². The summed E-state index contributed by atoms with van der Waals surface area (Å²) < 4.78 is 47.5. The molecule has 0 aliphatic rings. The third-order valence-electron chi connectivity index (χ3n) is 1.73. The van der Waals surface area contributed by atoms with E-state index in [2.05, 4.69) is 15.9 Å². The summed E-state index contributed by atoms with van der Waals surface area (Å²) in [5.74, 6) is 0. The molecule has 0 saturated heterocycles. The maximum Gasteiger partial charge on any atom is 0.266 e. The lowest BCUT2D eigenvalue weighted by Gasteiger charge is -2.09. The number of alkyl halides is 2. The highest BCUT2D eigenvalue weighted by Gasteiger charge is 2.27. The van der Waals surface area contributed by atoms with Gasteiger partial charge in [0, 0.05) is 15.2 Å². The lowest BCUT2D eigenvalue weighted by molar-refractivity contribution is 0.147. The van der Waals surface area contributed by atoms with Crippen molar-refractivity contribution in [3.05, 3.63) is 27.7 Å². The van der Waals surface area contributed by atoms with Gasteiger partial charge in [0.1, 0.15) is 11.0 Å². The van der Waals surface area contributed by atoms with E-state index < -0.39 is 31.5 Å². The summed E-state index contributed by atoms with van der Waals surface area (Å²) in [7, 11) is 0.627. The first-order valence-corrected chi connectivity index (χ1v) is 6.84. The Balaban J connectivity index is 3.79. The van der Waals surface area contributed by atoms with Crippen LogP contribution in [0.25, 0.3) is 0 Å². The van der Waals surface area contributed by atoms with Crippen LogP contribution in [-0.2, 0) is 9.05 Å². The predicted octanol–water partition coefficient (Wildman–Crippen LogP) is 3.19. The maximum absolute atomic E-state index is 12.7. The molecule has 0 unspecified atom stereocenters. The van der Waals surface area contributed by atoms with Crippen molar-refractivity contribution in [1.82, 2.24) is 0 Å². The molecule has 0 spiro atoms. The van der Waals surface area contributed by atoms with Crippen LogP contribution in [0.2, 0.25) is 0 Å². The van der Waals surface area contributed by atoms with Gasteiger partial charge in [-0.2, -0.15) is 5.26 Å². The van der Waals surface area contributed by atoms with Gasteiger partial charge < -0.3 is 0 Å². The molecule has 0 aliphatic carbocycles. The monoisotopic (exact) mass is 329 g/mol. The fraction of sp³-hybridized carbons (Fsp3) is 0.125. The molecule has 8 heteroatoms. The summed E-state index contributed by atoms with van der Waals surface area (Å²) in [5, 5.41) is 8.65. The Hall–Kier alpha value is -0.710. The maximum atomic E-state index is 12.7. The zero-order valence-corrected chi connectivity index (χ0v) is 10.6. The van der Waals surface area contributed by atoms with Crippen LogP contribution in [-0.4, -0.2) is 8.42 Å². The van der Waals surface area contributed by atoms with Crippen LogP contribution in [0, 0.1) is 11.3 Å². The number of nitriles is 1. The summed E-state index contributed by atoms with van der Waals surface area (Å²) in [6.07, 6.45) is -3.05. The predicted molar refractivity (Wildman–Crippen MR) is 56.9 cm³/mol. The molecular weight excluding hydrogens is 328 g/mol. The van der Waals surface area contributed by atoms with Gasteiger partial charge in [0.05, 0.1) is 11.1 Å². The van der Waals surface area contributed by atoms with Crippen molar-refractivity contribution in [1.29, 1.82) is 5.26 Å². The van der Waals surface area contributed by atoms with E-state index in [9.17, 15) is 17.2 Å². The summed E-state index contributed by atoms with van der Waals surface area (Å²) in [6, 6.07) is 3.78. The fourth-order valence-corrected chi connectivity index (χ4v) is 3.10. The van der Waals surface area contributed by atoms with E-state index in [1.807, 2.05) is 0 Å². The molecule has 0 aromatic heterocycles. The summed E-state index contributed by atoms with van der Waals surface area (Å²) >= 11 is 2.79. The molecule has 0 saturated carbocycles. The first-order chi connectivity index (χ1) is 7.29. The molecule has 16 heavy (non-hydrogen) atoms. The number of rotatable bonds is 2. The third-order valence-corrected chi connectivity index (χ3v) is 3.81. The first kappa shape index (κ1) is 13.4. The highest BCUT2D eigenvalue weighted by molar-refractivity contribution is 9.10. The molecule has 0 fully saturated rings. The topological polar surface area (TPSA) is 57.9 Å². The van der Waals surface area contributed by atoms with Gasteiger partial charge in [-0.05, 0) is 12.1 Å². The van der Waals surface area contributed by atoms with E-state index >= 15 is 0 Å². The van der Waals surface area contributed by atoms with Crippen LogP contribution in [0.5, 0.6) is 0 Å². The van der Waals surface area contributed by atoms with E-state index in [-0.39, 0.29) is 4.47 Å². The average Bonchev–Trinajstić information content (AvgIpc) is 2.15. The zero-order valence-electron chi connectivity index (χ0n) is 7.42. The molecule has 0 radical (unpaired) electrons. The SMILES string of the molecule is N#Cc1ccc(Br)c(C(F)F)c1S(=O)(=O)Cl. The van der Waals surface area contributed by atoms with Gasteiger partial charge in [0.15, 0.2) is 0 Å². The zero-order chi connectivity index (χ0) is 12.5. The van der Waals surface area contributed by atoms with E-state index in [1.54, 1.807) is 0 Å². The third kappa shape index (κ3) is 2.51. The molecule has 1 rings (SSSR count). The van der Waals surface area contributed by atoms with E-state index in [1.165, 1.54) is 12.1 Å². The van der Waals surface area contributed by atoms with Gasteiger partial charge >= 0.3 is 0 Å². The van der Waals surface area contributed by atoms with Crippen LogP contribution in [0.1, 0.15) is 17.6 Å². The molecule has 3 nitrogen and oxygen atoms in total. The van der Waals surface area contributed by atoms with Gasteiger partial charge in [-0.3, -0.25) is 0 Å². The minimum absolute atomic E-state index is 0.110. The number of hydrogen-bond donors (Lipinski definition) is 0. The Morgan fingerprint density at radius 3 is 2.38 bits per heavy atom. The van der Waals surface area contributed by atoms with Gasteiger partial charge in [-0.15, -0.1) is 0 Å². The Morgan fingerprint density at radius 1 is 1.44 bits per heavy atom. The molecule has 0 atom stereocenters. The molecular formula is C8H3BrClF2NO2S. The smallest absolute Gasteiger partial charge is 0.207 e. The molecule has 0 N–H and O–H groups in total. The Kier molecular flexibility index (Phi) is 3.88. The molecule has 86 valence electrons. The highest BCUT2D eigenvalue weighted by Crippen LogP contribution is 2.36. The normalized spacial score (nSPS) is 11.5. The quantitative estimate of drug-likeness (QED) is 0.783. The van der Waals surface area contributed by atoms with Gasteiger partial charge in [0.2, 0.25) is 0 Å². The second kappa shape index (κ2) is 4.65. The van der Waals surface area contributed by atoms with E-state index in [4.69, 9.17) is 15.9 Å². The standard InChI is InChI=1S/C8H3BrClF2NO2S/c9-5-2-1-4(3-13)7(16(10,14)15)6(5)8(11)12/h1-2,8H. The molecule has 1 aromatic carbocycles. The van der Waals surface area contributed by atoms with Crippen molar-refractivity contribution in [2.24, 2.45) is 0 Å². The molecule has 1 aromatic rings. The van der Waals surface area contributed by atoms with Crippen LogP contribution >= 0.6 is 26.6 Å². The van der Waals surface area contributed by atoms with E-state index in [0.29, 0.717) is 0 Å². The van der Waals surface area contributed by atoms with Crippen molar-refractivity contribution in [2.45, 2.75) is 11.3 Å². The minimum atomic E-state index is -4.40. The average molecular weight is 331 g/mol. The number of halogens is 4. The first-order valence-electron chi connectivity index (χ1n) is 3.74. The molecule has 0 heterocycles. The number of hydrogen-bond acceptors (Lipinski definition) is 3. The van der Waals surface area contributed by atoms with E-state index in [0.717, 1.165) is 6.07 Å². The summed E-state index contributed by atoms with van der Waals surface area (Å²) in [4.78, 5) is -0.846. The highest BCUT2D eigenvalue weighted by atomic mass is 79.9. The second-order valence-electron chi connectivity index (χ2n) is 2.69. The van der Waals surface area contributed by atoms with Gasteiger partial charge in [-0.1, -0.05) is 15.9 Å². The molecule has 0 aliphatic heterocycles. The van der Waals surface area contributed by atoms with Crippen LogP contribution in [0.15, 0.2) is 21.5 Å². The van der Waals surface area contributed by atoms with Crippen molar-refractivity contribution in [2.75, 3.05) is 0 Å². The van der Waals surface area contributed by atoms with Gasteiger partial charge in [-0.25, -0.2) is 17.2 Å². The van der Waals surface area contributed by atoms with Crippen LogP contribution in [0.4, 0.5) is 8.78 Å². The Morgan fingerprint density at radius 2 is 2.00 bits per heavy atom. The van der Waals surface area contributed by atoms with Gasteiger partial charge in [0.25, 0.3) is 15.5 Å². The van der Waals surface area contributed by atoms with Crippen LogP contribution in [0.3, 0.4) is 0 Å². The molecule has 0 bridgehead atoms. The minimum Gasteiger partial charge on any atom is -0.207 e. The summed E-state index contributed by atoms with van der Waals surface area (Å²) in [5.41, 5.74) is -1.21. The van der Waals surface area contributed by atoms with Crippen molar-refractivity contribution in [3.8, 4) is 6.07 Å². The van der Waals surface area contributed by atoms with Crippen molar-refractivity contribution < 1.29 is 17.2 Å². The second-order valence-corrected chi connectivity index (χ2v) is 6.05. The number of benzene rings is 1. The Bertz CT molecular complexity index is 568. The molecule has 0 amide bonds. The largest absolute Gasteiger partial charge is 0.266 e. The fourth-order valence-electron chi connectivity index (χ4n) is 1.13.